The zero-order chi connectivity index (χ0) is 18.3. The van der Waals surface area contributed by atoms with E-state index in [2.05, 4.69) is 27.3 Å². The number of aromatic nitrogens is 4. The maximum atomic E-state index is 11.8. The number of cyclic esters (lactones) is 1. The van der Waals surface area contributed by atoms with Crippen LogP contribution >= 0.6 is 0 Å². The molecule has 26 heavy (non-hydrogen) atoms. The van der Waals surface area contributed by atoms with Crippen LogP contribution in [0.25, 0.3) is 11.0 Å². The number of hydrogen-bond acceptors (Lipinski definition) is 6. The Morgan fingerprint density at radius 1 is 1.31 bits per heavy atom. The number of benzene rings is 1. The lowest BCUT2D eigenvalue weighted by molar-refractivity contribution is 0.181. The van der Waals surface area contributed by atoms with Gasteiger partial charge in [0.2, 0.25) is 0 Å². The van der Waals surface area contributed by atoms with Crippen LogP contribution in [0.2, 0.25) is 0 Å². The molecule has 1 amide bonds. The third-order valence-corrected chi connectivity index (χ3v) is 4.50. The summed E-state index contributed by atoms with van der Waals surface area (Å²) in [6.45, 7) is 4.92. The molecular formula is C18H20N6O2. The number of amides is 1. The molecule has 0 bridgehead atoms. The SMILES string of the molecule is Cc1nc(NC(C)c2cccc(N3CCOC3=O)c2)c2cnn(C)c2n1. The largest absolute Gasteiger partial charge is 0.447 e. The summed E-state index contributed by atoms with van der Waals surface area (Å²) in [5, 5.41) is 8.59. The third-order valence-electron chi connectivity index (χ3n) is 4.50. The van der Waals surface area contributed by atoms with Crippen molar-refractivity contribution in [3.8, 4) is 0 Å². The fraction of sp³-hybridized carbons (Fsp3) is 0.333. The molecule has 0 saturated carbocycles. The Kier molecular flexibility index (Phi) is 3.95. The monoisotopic (exact) mass is 352 g/mol. The summed E-state index contributed by atoms with van der Waals surface area (Å²) in [7, 11) is 1.86. The quantitative estimate of drug-likeness (QED) is 0.777. The summed E-state index contributed by atoms with van der Waals surface area (Å²) < 4.78 is 6.76. The average molecular weight is 352 g/mol. The maximum Gasteiger partial charge on any atom is 0.414 e. The van der Waals surface area contributed by atoms with Crippen LogP contribution in [0.4, 0.5) is 16.3 Å². The minimum absolute atomic E-state index is 0.00807. The van der Waals surface area contributed by atoms with Gasteiger partial charge in [-0.25, -0.2) is 14.8 Å². The van der Waals surface area contributed by atoms with Crippen LogP contribution in [0.3, 0.4) is 0 Å². The van der Waals surface area contributed by atoms with Crippen molar-refractivity contribution in [3.05, 3.63) is 41.9 Å². The summed E-state index contributed by atoms with van der Waals surface area (Å²) in [5.41, 5.74) is 2.68. The van der Waals surface area contributed by atoms with Crippen molar-refractivity contribution in [2.24, 2.45) is 7.05 Å². The number of carbonyl (C=O) groups excluding carboxylic acids is 1. The number of nitrogens with one attached hydrogen (secondary N) is 1. The van der Waals surface area contributed by atoms with Gasteiger partial charge in [-0.1, -0.05) is 12.1 Å². The number of ether oxygens (including phenoxy) is 1. The zero-order valence-electron chi connectivity index (χ0n) is 14.9. The highest BCUT2D eigenvalue weighted by Crippen LogP contribution is 2.27. The predicted octanol–water partition coefficient (Wildman–Crippen LogP) is 2.80. The van der Waals surface area contributed by atoms with Gasteiger partial charge in [0, 0.05) is 12.7 Å². The van der Waals surface area contributed by atoms with Crippen molar-refractivity contribution in [1.29, 1.82) is 0 Å². The molecule has 1 atom stereocenters. The lowest BCUT2D eigenvalue weighted by atomic mass is 10.1. The van der Waals surface area contributed by atoms with Gasteiger partial charge in [0.1, 0.15) is 18.2 Å². The van der Waals surface area contributed by atoms with Gasteiger partial charge in [-0.15, -0.1) is 0 Å². The third kappa shape index (κ3) is 2.83. The standard InChI is InChI=1S/C18H20N6O2/c1-11(13-5-4-6-14(9-13)24-7-8-26-18(24)25)20-16-15-10-19-23(3)17(15)22-12(2)21-16/h4-6,9-11H,7-8H2,1-3H3,(H,20,21,22). The van der Waals surface area contributed by atoms with E-state index in [1.54, 1.807) is 15.8 Å². The Morgan fingerprint density at radius 2 is 2.15 bits per heavy atom. The first-order chi connectivity index (χ1) is 12.5. The second-order valence-corrected chi connectivity index (χ2v) is 6.35. The van der Waals surface area contributed by atoms with E-state index in [4.69, 9.17) is 4.74 Å². The Bertz CT molecular complexity index is 983. The second-order valence-electron chi connectivity index (χ2n) is 6.35. The number of anilines is 2. The van der Waals surface area contributed by atoms with Crippen molar-refractivity contribution >= 4 is 28.6 Å². The first kappa shape index (κ1) is 16.3. The summed E-state index contributed by atoms with van der Waals surface area (Å²) in [5.74, 6) is 1.43. The first-order valence-electron chi connectivity index (χ1n) is 8.50. The molecule has 3 aromatic rings. The molecule has 0 spiro atoms. The van der Waals surface area contributed by atoms with Crippen LogP contribution in [-0.4, -0.2) is 39.0 Å². The Hall–Kier alpha value is -3.16. The van der Waals surface area contributed by atoms with Crippen molar-refractivity contribution in [1.82, 2.24) is 19.7 Å². The molecule has 4 rings (SSSR count). The van der Waals surface area contributed by atoms with Crippen LogP contribution in [-0.2, 0) is 11.8 Å². The molecule has 1 aromatic carbocycles. The van der Waals surface area contributed by atoms with Gasteiger partial charge < -0.3 is 10.1 Å². The Balaban J connectivity index is 1.63. The van der Waals surface area contributed by atoms with Gasteiger partial charge in [-0.05, 0) is 31.5 Å². The molecule has 8 nitrogen and oxygen atoms in total. The van der Waals surface area contributed by atoms with E-state index in [9.17, 15) is 4.79 Å². The van der Waals surface area contributed by atoms with E-state index in [1.807, 2.05) is 38.2 Å². The van der Waals surface area contributed by atoms with Gasteiger partial charge in [-0.2, -0.15) is 5.10 Å². The Morgan fingerprint density at radius 3 is 2.92 bits per heavy atom. The van der Waals surface area contributed by atoms with Crippen LogP contribution in [0.15, 0.2) is 30.5 Å². The lowest BCUT2D eigenvalue weighted by Gasteiger charge is -2.19. The molecule has 1 aliphatic rings. The number of fused-ring (bicyclic) bond motifs is 1. The molecule has 3 heterocycles. The van der Waals surface area contributed by atoms with E-state index < -0.39 is 0 Å². The van der Waals surface area contributed by atoms with E-state index in [0.29, 0.717) is 19.0 Å². The highest BCUT2D eigenvalue weighted by atomic mass is 16.6. The van der Waals surface area contributed by atoms with Crippen molar-refractivity contribution in [3.63, 3.8) is 0 Å². The van der Waals surface area contributed by atoms with Crippen LogP contribution in [0.1, 0.15) is 24.4 Å². The fourth-order valence-electron chi connectivity index (χ4n) is 3.12. The number of nitrogens with zero attached hydrogens (tertiary/aromatic N) is 5. The highest BCUT2D eigenvalue weighted by Gasteiger charge is 2.24. The van der Waals surface area contributed by atoms with Gasteiger partial charge in [0.15, 0.2) is 5.65 Å². The lowest BCUT2D eigenvalue weighted by Crippen LogP contribution is -2.23. The van der Waals surface area contributed by atoms with E-state index >= 15 is 0 Å². The second kappa shape index (κ2) is 6.29. The van der Waals surface area contributed by atoms with Gasteiger partial charge in [0.05, 0.1) is 24.2 Å². The molecule has 1 fully saturated rings. The minimum atomic E-state index is -0.300. The van der Waals surface area contributed by atoms with Gasteiger partial charge >= 0.3 is 6.09 Å². The molecule has 1 saturated heterocycles. The summed E-state index contributed by atoms with van der Waals surface area (Å²) in [6.07, 6.45) is 1.46. The summed E-state index contributed by atoms with van der Waals surface area (Å²) in [4.78, 5) is 22.4. The van der Waals surface area contributed by atoms with E-state index in [1.165, 1.54) is 0 Å². The van der Waals surface area contributed by atoms with Crippen molar-refractivity contribution in [2.75, 3.05) is 23.4 Å². The van der Waals surface area contributed by atoms with E-state index in [-0.39, 0.29) is 12.1 Å². The minimum Gasteiger partial charge on any atom is -0.447 e. The highest BCUT2D eigenvalue weighted by molar-refractivity contribution is 5.89. The van der Waals surface area contributed by atoms with Gasteiger partial charge in [0.25, 0.3) is 0 Å². The van der Waals surface area contributed by atoms with Gasteiger partial charge in [-0.3, -0.25) is 9.58 Å². The molecule has 0 aliphatic carbocycles. The van der Waals surface area contributed by atoms with E-state index in [0.717, 1.165) is 28.1 Å². The number of carbonyl (C=O) groups is 1. The molecule has 1 aliphatic heterocycles. The van der Waals surface area contributed by atoms with Crippen molar-refractivity contribution in [2.45, 2.75) is 19.9 Å². The molecular weight excluding hydrogens is 332 g/mol. The first-order valence-corrected chi connectivity index (χ1v) is 8.50. The van der Waals surface area contributed by atoms with Crippen molar-refractivity contribution < 1.29 is 9.53 Å². The average Bonchev–Trinajstić information content (AvgIpc) is 3.21. The predicted molar refractivity (Wildman–Crippen MR) is 98.2 cm³/mol. The number of hydrogen-bond donors (Lipinski definition) is 1. The normalized spacial score (nSPS) is 15.3. The Labute approximate surface area is 150 Å². The van der Waals surface area contributed by atoms with Crippen LogP contribution in [0, 0.1) is 6.92 Å². The van der Waals surface area contributed by atoms with Crippen LogP contribution < -0.4 is 10.2 Å². The molecule has 8 heteroatoms. The molecule has 134 valence electrons. The molecule has 0 radical (unpaired) electrons. The summed E-state index contributed by atoms with van der Waals surface area (Å²) >= 11 is 0. The van der Waals surface area contributed by atoms with Crippen LogP contribution in [0.5, 0.6) is 0 Å². The topological polar surface area (TPSA) is 85.2 Å². The molecule has 1 N–H and O–H groups in total. The number of rotatable bonds is 4. The maximum absolute atomic E-state index is 11.8. The number of aryl methyl sites for hydroxylation is 2. The smallest absolute Gasteiger partial charge is 0.414 e. The molecule has 2 aromatic heterocycles. The zero-order valence-corrected chi connectivity index (χ0v) is 14.9. The fourth-order valence-corrected chi connectivity index (χ4v) is 3.12. The molecule has 1 unspecified atom stereocenters. The summed E-state index contributed by atoms with van der Waals surface area (Å²) in [6, 6.07) is 7.87.